The highest BCUT2D eigenvalue weighted by molar-refractivity contribution is 5.85. The first kappa shape index (κ1) is 43.8. The molecule has 0 bridgehead atoms. The van der Waals surface area contributed by atoms with E-state index in [4.69, 9.17) is 11.5 Å². The van der Waals surface area contributed by atoms with Gasteiger partial charge in [0.15, 0.2) is 0 Å². The van der Waals surface area contributed by atoms with E-state index in [1.165, 1.54) is 57.8 Å². The molecule has 8 heteroatoms. The maximum absolute atomic E-state index is 11.1. The van der Waals surface area contributed by atoms with E-state index in [1.807, 2.05) is 0 Å². The predicted octanol–water partition coefficient (Wildman–Crippen LogP) is 8.05. The van der Waals surface area contributed by atoms with Crippen molar-refractivity contribution in [3.63, 3.8) is 0 Å². The second-order valence-corrected chi connectivity index (χ2v) is 19.9. The van der Waals surface area contributed by atoms with Crippen molar-refractivity contribution >= 4 is 24.8 Å². The lowest BCUT2D eigenvalue weighted by atomic mass is 9.43. The minimum Gasteiger partial charge on any atom is -0.390 e. The zero-order valence-electron chi connectivity index (χ0n) is 32.1. The molecule has 0 aromatic rings. The Bertz CT molecular complexity index is 1240. The molecule has 8 aliphatic rings. The van der Waals surface area contributed by atoms with Gasteiger partial charge in [-0.25, -0.2) is 0 Å². The average molecular weight is 758 g/mol. The van der Waals surface area contributed by atoms with Crippen LogP contribution in [0.25, 0.3) is 0 Å². The first-order valence-corrected chi connectivity index (χ1v) is 20.5. The molecule has 0 radical (unpaired) electrons. The Balaban J connectivity index is 0.000000216. The molecular formula is C43H78Cl2N2O4. The molecule has 19 atom stereocenters. The topological polar surface area (TPSA) is 133 Å². The maximum atomic E-state index is 11.1. The first-order chi connectivity index (χ1) is 22.7. The van der Waals surface area contributed by atoms with Gasteiger partial charge in [0, 0.05) is 12.1 Å². The van der Waals surface area contributed by atoms with E-state index in [2.05, 4.69) is 47.6 Å². The van der Waals surface area contributed by atoms with Gasteiger partial charge in [-0.1, -0.05) is 60.1 Å². The molecule has 0 aromatic carbocycles. The van der Waals surface area contributed by atoms with Crippen LogP contribution < -0.4 is 11.5 Å². The van der Waals surface area contributed by atoms with Gasteiger partial charge in [0.05, 0.1) is 24.4 Å². The SMILES string of the molecule is C.C/C=C1/CCC2C3C(CC[C@]12C)[C@@]1(C)CC[C@H](N)CC1[C@@H](O)[C@@H]3O.CC[C@H]1CCC2C3C(CC[C@@]21C)[C@@]1(C)CC[C@H](N)CC1[C@@H](O)[C@@H]3O.Cl.Cl. The summed E-state index contributed by atoms with van der Waals surface area (Å²) in [5.74, 6) is 3.95. The molecule has 8 rings (SSSR count). The number of allylic oxidation sites excluding steroid dienone is 2. The molecule has 8 unspecified atom stereocenters. The second-order valence-electron chi connectivity index (χ2n) is 19.9. The Hall–Kier alpha value is 0.0800. The lowest BCUT2D eigenvalue weighted by Gasteiger charge is -2.63. The molecule has 0 saturated heterocycles. The van der Waals surface area contributed by atoms with Crippen LogP contribution in [-0.2, 0) is 0 Å². The zero-order valence-corrected chi connectivity index (χ0v) is 33.7. The molecule has 0 aliphatic heterocycles. The Labute approximate surface area is 324 Å². The quantitative estimate of drug-likeness (QED) is 0.150. The average Bonchev–Trinajstić information content (AvgIpc) is 3.59. The number of rotatable bonds is 1. The zero-order chi connectivity index (χ0) is 34.6. The van der Waals surface area contributed by atoms with Crippen molar-refractivity contribution in [3.05, 3.63) is 11.6 Å². The number of aliphatic hydroxyl groups excluding tert-OH is 4. The molecule has 8 N–H and O–H groups in total. The van der Waals surface area contributed by atoms with Crippen molar-refractivity contribution in [1.29, 1.82) is 0 Å². The number of hydrogen-bond acceptors (Lipinski definition) is 6. The first-order valence-electron chi connectivity index (χ1n) is 20.5. The van der Waals surface area contributed by atoms with E-state index in [0.29, 0.717) is 35.0 Å². The van der Waals surface area contributed by atoms with Gasteiger partial charge >= 0.3 is 0 Å². The molecule has 0 spiro atoms. The minimum absolute atomic E-state index is 0. The third-order valence-corrected chi connectivity index (χ3v) is 18.5. The standard InChI is InChI=1S/C21H37NO2.C21H35NO2.CH4.2ClH/c2*1-4-12-5-6-14-17-15(8-10-20(12,14)2)21(3)9-7-13(22)11-16(21)18(23)19(17)24;;;/h12-19,23-24H,4-11,22H2,1-3H3;4,13-19,23-24H,5-11,22H2,1-3H3;1H4;2*1H/b;12-4-;;;/t12-,13-,14?,15?,16?,17?,18+,19+,20+,21+;13-,14?,15?,16?,17?,18+,19+,20+,21+;;;/m00.../s1. The van der Waals surface area contributed by atoms with Gasteiger partial charge in [-0.05, 0) is 172 Å². The summed E-state index contributed by atoms with van der Waals surface area (Å²) in [6, 6.07) is 0.391. The molecule has 0 heterocycles. The Morgan fingerprint density at radius 1 is 0.588 bits per heavy atom. The molecule has 0 amide bonds. The summed E-state index contributed by atoms with van der Waals surface area (Å²) < 4.78 is 0. The van der Waals surface area contributed by atoms with E-state index in [9.17, 15) is 20.4 Å². The van der Waals surface area contributed by atoms with Crippen LogP contribution in [0.1, 0.15) is 145 Å². The lowest BCUT2D eigenvalue weighted by Crippen LogP contribution is -2.64. The van der Waals surface area contributed by atoms with Crippen molar-refractivity contribution in [2.45, 2.75) is 182 Å². The smallest absolute Gasteiger partial charge is 0.0836 e. The van der Waals surface area contributed by atoms with Gasteiger partial charge in [-0.2, -0.15) is 0 Å². The molecule has 6 nitrogen and oxygen atoms in total. The molecule has 0 aromatic heterocycles. The van der Waals surface area contributed by atoms with Gasteiger partial charge < -0.3 is 31.9 Å². The summed E-state index contributed by atoms with van der Waals surface area (Å²) >= 11 is 0. The van der Waals surface area contributed by atoms with Crippen LogP contribution in [0.2, 0.25) is 0 Å². The molecule has 298 valence electrons. The predicted molar refractivity (Wildman–Crippen MR) is 214 cm³/mol. The van der Waals surface area contributed by atoms with Crippen LogP contribution >= 0.6 is 24.8 Å². The molecule has 8 saturated carbocycles. The Morgan fingerprint density at radius 3 is 1.53 bits per heavy atom. The van der Waals surface area contributed by atoms with Crippen molar-refractivity contribution in [2.75, 3.05) is 0 Å². The number of halogens is 2. The van der Waals surface area contributed by atoms with Gasteiger partial charge in [0.2, 0.25) is 0 Å². The fourth-order valence-electron chi connectivity index (χ4n) is 15.7. The number of fused-ring (bicyclic) bond motifs is 10. The van der Waals surface area contributed by atoms with Crippen molar-refractivity contribution in [1.82, 2.24) is 0 Å². The Morgan fingerprint density at radius 2 is 1.04 bits per heavy atom. The van der Waals surface area contributed by atoms with Crippen LogP contribution in [0.15, 0.2) is 11.6 Å². The van der Waals surface area contributed by atoms with E-state index in [-0.39, 0.29) is 78.3 Å². The number of hydrogen-bond donors (Lipinski definition) is 6. The van der Waals surface area contributed by atoms with E-state index < -0.39 is 24.4 Å². The second kappa shape index (κ2) is 15.5. The van der Waals surface area contributed by atoms with Crippen LogP contribution in [0, 0.1) is 74.9 Å². The molecule has 8 aliphatic carbocycles. The highest BCUT2D eigenvalue weighted by atomic mass is 35.5. The van der Waals surface area contributed by atoms with Crippen LogP contribution in [0.4, 0.5) is 0 Å². The van der Waals surface area contributed by atoms with Gasteiger partial charge in [-0.3, -0.25) is 0 Å². The van der Waals surface area contributed by atoms with E-state index >= 15 is 0 Å². The lowest BCUT2D eigenvalue weighted by molar-refractivity contribution is -0.215. The van der Waals surface area contributed by atoms with Gasteiger partial charge in [-0.15, -0.1) is 24.8 Å². The fourth-order valence-corrected chi connectivity index (χ4v) is 15.7. The summed E-state index contributed by atoms with van der Waals surface area (Å²) in [5, 5.41) is 44.3. The minimum atomic E-state index is -0.598. The molecular weight excluding hydrogens is 679 g/mol. The van der Waals surface area contributed by atoms with Crippen molar-refractivity contribution in [2.24, 2.45) is 86.4 Å². The summed E-state index contributed by atoms with van der Waals surface area (Å²) in [6.07, 6.45) is 17.4. The third-order valence-electron chi connectivity index (χ3n) is 18.5. The Kier molecular flexibility index (Phi) is 13.4. The summed E-state index contributed by atoms with van der Waals surface area (Å²) in [4.78, 5) is 0. The van der Waals surface area contributed by atoms with Gasteiger partial charge in [0.1, 0.15) is 0 Å². The van der Waals surface area contributed by atoms with Crippen LogP contribution in [0.3, 0.4) is 0 Å². The van der Waals surface area contributed by atoms with Crippen molar-refractivity contribution < 1.29 is 20.4 Å². The summed E-state index contributed by atoms with van der Waals surface area (Å²) in [6.45, 7) is 14.2. The fraction of sp³-hybridized carbons (Fsp3) is 0.953. The van der Waals surface area contributed by atoms with Crippen LogP contribution in [-0.4, -0.2) is 56.9 Å². The molecule has 8 fully saturated rings. The molecule has 51 heavy (non-hydrogen) atoms. The summed E-state index contributed by atoms with van der Waals surface area (Å²) in [5.41, 5.74) is 15.0. The maximum Gasteiger partial charge on any atom is 0.0836 e. The third kappa shape index (κ3) is 6.44. The van der Waals surface area contributed by atoms with Gasteiger partial charge in [0.25, 0.3) is 0 Å². The number of aliphatic hydroxyl groups is 4. The largest absolute Gasteiger partial charge is 0.390 e. The normalized spacial score (nSPS) is 56.1. The summed E-state index contributed by atoms with van der Waals surface area (Å²) in [7, 11) is 0. The number of nitrogens with two attached hydrogens (primary N) is 2. The monoisotopic (exact) mass is 757 g/mol. The van der Waals surface area contributed by atoms with Crippen LogP contribution in [0.5, 0.6) is 0 Å². The van der Waals surface area contributed by atoms with Crippen molar-refractivity contribution in [3.8, 4) is 0 Å². The van der Waals surface area contributed by atoms with E-state index in [0.717, 1.165) is 44.4 Å². The highest BCUT2D eigenvalue weighted by Crippen LogP contribution is 2.69. The van der Waals surface area contributed by atoms with E-state index in [1.54, 1.807) is 5.57 Å². The highest BCUT2D eigenvalue weighted by Gasteiger charge is 2.66.